The lowest BCUT2D eigenvalue weighted by molar-refractivity contribution is -0.136. The SMILES string of the molecule is [C-]#[N+][C@H]1CCN(Cc2cc(C(F)(F)F)c3cn(-c4cccc(C(c5nncn5C)C5CCC5)c4)c(=O)n3c2)C1. The number of aromatic nitrogens is 5. The third-order valence-electron chi connectivity index (χ3n) is 8.12. The second kappa shape index (κ2) is 9.68. The number of hydrogen-bond donors (Lipinski definition) is 0. The second-order valence-corrected chi connectivity index (χ2v) is 10.7. The zero-order valence-electron chi connectivity index (χ0n) is 21.5. The van der Waals surface area contributed by atoms with Gasteiger partial charge >= 0.3 is 11.9 Å². The zero-order valence-corrected chi connectivity index (χ0v) is 21.5. The Kier molecular flexibility index (Phi) is 6.30. The van der Waals surface area contributed by atoms with Gasteiger partial charge in [0.1, 0.15) is 12.2 Å². The number of nitrogens with zero attached hydrogens (tertiary/aromatic N) is 7. The first kappa shape index (κ1) is 25.4. The first-order valence-electron chi connectivity index (χ1n) is 13.1. The molecule has 0 spiro atoms. The molecule has 3 aromatic heterocycles. The smallest absolute Gasteiger partial charge is 0.320 e. The van der Waals surface area contributed by atoms with Gasteiger partial charge in [-0.1, -0.05) is 18.6 Å². The van der Waals surface area contributed by atoms with Crippen molar-refractivity contribution in [1.82, 2.24) is 28.6 Å². The largest absolute Gasteiger partial charge is 0.418 e. The van der Waals surface area contributed by atoms with Gasteiger partial charge in [0, 0.05) is 44.9 Å². The molecule has 2 fully saturated rings. The van der Waals surface area contributed by atoms with Gasteiger partial charge in [0.2, 0.25) is 6.04 Å². The molecular weight excluding hydrogens is 507 g/mol. The predicted molar refractivity (Wildman–Crippen MR) is 138 cm³/mol. The van der Waals surface area contributed by atoms with Gasteiger partial charge in [-0.3, -0.25) is 13.9 Å². The Hall–Kier alpha value is -3.91. The number of imidazole rings is 1. The van der Waals surface area contributed by atoms with Crippen LogP contribution in [0.25, 0.3) is 16.0 Å². The van der Waals surface area contributed by atoms with Gasteiger partial charge in [-0.25, -0.2) is 11.4 Å². The highest BCUT2D eigenvalue weighted by molar-refractivity contribution is 5.58. The Morgan fingerprint density at radius 3 is 2.64 bits per heavy atom. The number of fused-ring (bicyclic) bond motifs is 1. The maximum absolute atomic E-state index is 14.2. The number of likely N-dealkylation sites (tertiary alicyclic amines) is 1. The fourth-order valence-electron chi connectivity index (χ4n) is 5.91. The summed E-state index contributed by atoms with van der Waals surface area (Å²) < 4.78 is 46.8. The molecule has 2 atom stereocenters. The quantitative estimate of drug-likeness (QED) is 0.337. The van der Waals surface area contributed by atoms with Crippen LogP contribution in [0.2, 0.25) is 0 Å². The van der Waals surface area contributed by atoms with E-state index in [-0.39, 0.29) is 24.0 Å². The predicted octanol–water partition coefficient (Wildman–Crippen LogP) is 4.66. The highest BCUT2D eigenvalue weighted by Gasteiger charge is 2.36. The molecule has 1 aromatic carbocycles. The van der Waals surface area contributed by atoms with E-state index >= 15 is 0 Å². The van der Waals surface area contributed by atoms with E-state index in [1.165, 1.54) is 17.0 Å². The molecule has 0 amide bonds. The van der Waals surface area contributed by atoms with Gasteiger partial charge in [0.15, 0.2) is 0 Å². The molecule has 39 heavy (non-hydrogen) atoms. The van der Waals surface area contributed by atoms with E-state index in [1.54, 1.807) is 12.4 Å². The van der Waals surface area contributed by atoms with E-state index in [9.17, 15) is 18.0 Å². The minimum atomic E-state index is -4.63. The Balaban J connectivity index is 1.42. The van der Waals surface area contributed by atoms with Gasteiger partial charge < -0.3 is 9.41 Å². The lowest BCUT2D eigenvalue weighted by Gasteiger charge is -2.33. The number of pyridine rings is 1. The zero-order chi connectivity index (χ0) is 27.3. The van der Waals surface area contributed by atoms with Crippen molar-refractivity contribution in [3.63, 3.8) is 0 Å². The summed E-state index contributed by atoms with van der Waals surface area (Å²) in [6.45, 7) is 8.63. The van der Waals surface area contributed by atoms with Crippen LogP contribution >= 0.6 is 0 Å². The van der Waals surface area contributed by atoms with Crippen LogP contribution < -0.4 is 5.69 Å². The maximum atomic E-state index is 14.2. The molecule has 1 aliphatic heterocycles. The molecule has 1 unspecified atom stereocenters. The fraction of sp³-hybridized carbons (Fsp3) is 0.429. The summed E-state index contributed by atoms with van der Waals surface area (Å²) in [5.74, 6) is 1.20. The van der Waals surface area contributed by atoms with Crippen LogP contribution in [0.5, 0.6) is 0 Å². The van der Waals surface area contributed by atoms with Gasteiger partial charge in [-0.05, 0) is 48.1 Å². The second-order valence-electron chi connectivity index (χ2n) is 10.7. The van der Waals surface area contributed by atoms with E-state index in [1.807, 2.05) is 34.7 Å². The molecule has 202 valence electrons. The topological polar surface area (TPSA) is 64.7 Å². The third-order valence-corrected chi connectivity index (χ3v) is 8.12. The van der Waals surface area contributed by atoms with Crippen molar-refractivity contribution < 1.29 is 13.2 Å². The molecule has 4 heterocycles. The van der Waals surface area contributed by atoms with Gasteiger partial charge in [0.25, 0.3) is 0 Å². The Morgan fingerprint density at radius 2 is 2.00 bits per heavy atom. The monoisotopic (exact) mass is 535 g/mol. The van der Waals surface area contributed by atoms with Crippen LogP contribution in [0.3, 0.4) is 0 Å². The molecule has 2 aliphatic rings. The van der Waals surface area contributed by atoms with Crippen molar-refractivity contribution in [2.45, 2.75) is 50.4 Å². The summed E-state index contributed by atoms with van der Waals surface area (Å²) in [4.78, 5) is 19.1. The molecule has 1 saturated heterocycles. The lowest BCUT2D eigenvalue weighted by Crippen LogP contribution is -2.24. The van der Waals surface area contributed by atoms with Crippen molar-refractivity contribution in [2.24, 2.45) is 13.0 Å². The molecule has 0 radical (unpaired) electrons. The Morgan fingerprint density at radius 1 is 1.18 bits per heavy atom. The molecular formula is C28H28F3N7O. The maximum Gasteiger partial charge on any atom is 0.418 e. The summed E-state index contributed by atoms with van der Waals surface area (Å²) in [6, 6.07) is 8.41. The van der Waals surface area contributed by atoms with E-state index in [4.69, 9.17) is 6.57 Å². The number of alkyl halides is 3. The number of aryl methyl sites for hydroxylation is 1. The summed E-state index contributed by atoms with van der Waals surface area (Å²) in [6.07, 6.45) is 3.76. The average molecular weight is 536 g/mol. The number of benzene rings is 1. The molecule has 4 aromatic rings. The number of hydrogen-bond acceptors (Lipinski definition) is 4. The first-order valence-corrected chi connectivity index (χ1v) is 13.1. The number of halogens is 3. The first-order chi connectivity index (χ1) is 18.7. The van der Waals surface area contributed by atoms with Crippen LogP contribution in [0.15, 0.2) is 53.8 Å². The molecule has 0 N–H and O–H groups in total. The molecule has 11 heteroatoms. The van der Waals surface area contributed by atoms with Crippen molar-refractivity contribution >= 4 is 5.52 Å². The molecule has 1 aliphatic carbocycles. The minimum absolute atomic E-state index is 0.0176. The normalized spacial score (nSPS) is 19.3. The Labute approximate surface area is 223 Å². The van der Waals surface area contributed by atoms with Crippen LogP contribution in [-0.2, 0) is 19.8 Å². The lowest BCUT2D eigenvalue weighted by atomic mass is 9.72. The van der Waals surface area contributed by atoms with Crippen LogP contribution in [0.1, 0.15) is 54.1 Å². The van der Waals surface area contributed by atoms with Crippen molar-refractivity contribution in [2.75, 3.05) is 13.1 Å². The summed E-state index contributed by atoms with van der Waals surface area (Å²) in [5.41, 5.74) is 0.248. The van der Waals surface area contributed by atoms with Gasteiger partial charge in [-0.15, -0.1) is 10.2 Å². The molecule has 1 saturated carbocycles. The third kappa shape index (κ3) is 4.63. The van der Waals surface area contributed by atoms with Crippen molar-refractivity contribution in [3.8, 4) is 5.69 Å². The van der Waals surface area contributed by atoms with Crippen molar-refractivity contribution in [1.29, 1.82) is 0 Å². The van der Waals surface area contributed by atoms with Gasteiger partial charge in [-0.2, -0.15) is 13.2 Å². The van der Waals surface area contributed by atoms with Crippen LogP contribution in [0, 0.1) is 12.5 Å². The average Bonchev–Trinajstić information content (AvgIpc) is 3.60. The van der Waals surface area contributed by atoms with E-state index in [0.717, 1.165) is 41.1 Å². The van der Waals surface area contributed by atoms with Gasteiger partial charge in [0.05, 0.1) is 23.3 Å². The van der Waals surface area contributed by atoms with Crippen molar-refractivity contribution in [3.05, 3.63) is 93.5 Å². The van der Waals surface area contributed by atoms with E-state index in [2.05, 4.69) is 15.0 Å². The Bertz CT molecular complexity index is 1620. The summed E-state index contributed by atoms with van der Waals surface area (Å²) in [5, 5.41) is 8.39. The molecule has 0 bridgehead atoms. The van der Waals surface area contributed by atoms with Crippen LogP contribution in [-0.4, -0.2) is 47.8 Å². The standard InChI is InChI=1S/C28H28F3N7O/c1-32-21-9-10-36(15-21)13-18-11-23(28(29,30)31)24-16-37(27(39)38(24)14-18)22-8-4-7-20(12-22)25(19-5-3-6-19)26-34-33-17-35(26)2/h4,7-8,11-12,14,16-17,19,21,25H,3,5-6,9-10,13,15H2,2H3/t21-,25?/m0/s1. The highest BCUT2D eigenvalue weighted by Crippen LogP contribution is 2.43. The number of rotatable bonds is 6. The molecule has 6 rings (SSSR count). The molecule has 8 nitrogen and oxygen atoms in total. The highest BCUT2D eigenvalue weighted by atomic mass is 19.4. The summed E-state index contributed by atoms with van der Waals surface area (Å²) in [7, 11) is 1.90. The van der Waals surface area contributed by atoms with E-state index in [0.29, 0.717) is 36.7 Å². The minimum Gasteiger partial charge on any atom is -0.320 e. The fourth-order valence-corrected chi connectivity index (χ4v) is 5.91. The van der Waals surface area contributed by atoms with Crippen LogP contribution in [0.4, 0.5) is 13.2 Å². The summed E-state index contributed by atoms with van der Waals surface area (Å²) >= 11 is 0. The van der Waals surface area contributed by atoms with E-state index < -0.39 is 17.4 Å².